The molecule has 196 valence electrons. The van der Waals surface area contributed by atoms with Crippen LogP contribution in [-0.2, 0) is 6.42 Å². The van der Waals surface area contributed by atoms with Crippen LogP contribution in [0, 0.1) is 5.82 Å². The number of fused-ring (bicyclic) bond motifs is 4. The van der Waals surface area contributed by atoms with Crippen molar-refractivity contribution < 1.29 is 14.2 Å². The molecular formula is C30H27FN6O2. The molecule has 2 atom stereocenters. The van der Waals surface area contributed by atoms with Crippen LogP contribution in [0.25, 0.3) is 32.9 Å². The summed E-state index contributed by atoms with van der Waals surface area (Å²) in [6.45, 7) is 1.89. The fourth-order valence-corrected chi connectivity index (χ4v) is 5.78. The Bertz CT molecular complexity index is 1670. The van der Waals surface area contributed by atoms with Crippen molar-refractivity contribution >= 4 is 27.5 Å². The summed E-state index contributed by atoms with van der Waals surface area (Å²) in [7, 11) is 0. The molecule has 9 heteroatoms. The Kier molecular flexibility index (Phi) is 5.93. The van der Waals surface area contributed by atoms with E-state index in [1.807, 2.05) is 36.4 Å². The number of piperazine rings is 1. The molecule has 2 aliphatic heterocycles. The Morgan fingerprint density at radius 3 is 2.67 bits per heavy atom. The number of hydrogen-bond acceptors (Lipinski definition) is 8. The van der Waals surface area contributed by atoms with E-state index in [1.54, 1.807) is 30.7 Å². The molecule has 0 spiro atoms. The zero-order valence-electron chi connectivity index (χ0n) is 21.2. The second-order valence-electron chi connectivity index (χ2n) is 10.2. The van der Waals surface area contributed by atoms with Crippen LogP contribution in [-0.4, -0.2) is 56.8 Å². The Morgan fingerprint density at radius 2 is 1.85 bits per heavy atom. The molecule has 3 aromatic heterocycles. The number of phenols is 1. The van der Waals surface area contributed by atoms with Gasteiger partial charge < -0.3 is 20.1 Å². The highest BCUT2D eigenvalue weighted by Gasteiger charge is 2.34. The van der Waals surface area contributed by atoms with Crippen molar-refractivity contribution in [3.63, 3.8) is 0 Å². The molecule has 7 rings (SSSR count). The first-order valence-corrected chi connectivity index (χ1v) is 13.2. The van der Waals surface area contributed by atoms with E-state index >= 15 is 4.39 Å². The molecule has 5 aromatic rings. The van der Waals surface area contributed by atoms with Gasteiger partial charge in [0, 0.05) is 55.7 Å². The molecule has 2 bridgehead atoms. The zero-order valence-corrected chi connectivity index (χ0v) is 21.2. The third-order valence-corrected chi connectivity index (χ3v) is 7.61. The van der Waals surface area contributed by atoms with Gasteiger partial charge in [-0.25, -0.2) is 4.39 Å². The molecule has 2 saturated heterocycles. The van der Waals surface area contributed by atoms with Crippen LogP contribution in [0.3, 0.4) is 0 Å². The minimum atomic E-state index is -0.567. The Hall–Kier alpha value is -4.37. The lowest BCUT2D eigenvalue weighted by molar-refractivity contribution is 0.297. The van der Waals surface area contributed by atoms with Crippen LogP contribution in [0.5, 0.6) is 11.8 Å². The minimum absolute atomic E-state index is 0.0455. The van der Waals surface area contributed by atoms with Gasteiger partial charge in [0.1, 0.15) is 22.8 Å². The van der Waals surface area contributed by atoms with Gasteiger partial charge >= 0.3 is 6.01 Å². The largest absolute Gasteiger partial charge is 0.508 e. The number of ether oxygens (including phenoxy) is 1. The highest BCUT2D eigenvalue weighted by Crippen LogP contribution is 2.37. The van der Waals surface area contributed by atoms with Crippen LogP contribution in [0.2, 0.25) is 0 Å². The van der Waals surface area contributed by atoms with Gasteiger partial charge in [-0.3, -0.25) is 9.97 Å². The SMILES string of the molecule is Oc1cc(-c2ncc3c(N4C[C@H]5CC[C@@H](C4)N5)nc(OCCc4cccnc4)nc3c2F)c2ccccc2c1. The number of pyridine rings is 2. The number of benzene rings is 2. The summed E-state index contributed by atoms with van der Waals surface area (Å²) in [4.78, 5) is 20.2. The predicted octanol–water partition coefficient (Wildman–Crippen LogP) is 4.65. The van der Waals surface area contributed by atoms with Crippen molar-refractivity contribution in [1.82, 2.24) is 25.3 Å². The lowest BCUT2D eigenvalue weighted by Crippen LogP contribution is -2.51. The zero-order chi connectivity index (χ0) is 26.3. The van der Waals surface area contributed by atoms with E-state index in [-0.39, 0.29) is 23.0 Å². The summed E-state index contributed by atoms with van der Waals surface area (Å²) < 4.78 is 22.4. The van der Waals surface area contributed by atoms with E-state index in [0.717, 1.165) is 42.3 Å². The van der Waals surface area contributed by atoms with Gasteiger partial charge in [0.25, 0.3) is 0 Å². The average Bonchev–Trinajstić information content (AvgIpc) is 3.30. The quantitative estimate of drug-likeness (QED) is 0.333. The van der Waals surface area contributed by atoms with Gasteiger partial charge in [0.2, 0.25) is 0 Å². The number of nitrogens with one attached hydrogen (secondary N) is 1. The molecule has 0 unspecified atom stereocenters. The molecule has 2 fully saturated rings. The summed E-state index contributed by atoms with van der Waals surface area (Å²) in [6, 6.07) is 15.5. The van der Waals surface area contributed by atoms with Crippen molar-refractivity contribution in [2.24, 2.45) is 0 Å². The predicted molar refractivity (Wildman–Crippen MR) is 147 cm³/mol. The van der Waals surface area contributed by atoms with Crippen LogP contribution in [0.15, 0.2) is 67.1 Å². The number of phenolic OH excluding ortho intramolecular Hbond substituents is 1. The summed E-state index contributed by atoms with van der Waals surface area (Å²) in [6.07, 6.45) is 8.02. The molecular weight excluding hydrogens is 495 g/mol. The number of anilines is 1. The van der Waals surface area contributed by atoms with E-state index in [1.165, 1.54) is 0 Å². The number of aromatic hydroxyl groups is 1. The molecule has 0 saturated carbocycles. The molecule has 5 heterocycles. The van der Waals surface area contributed by atoms with Crippen molar-refractivity contribution in [2.45, 2.75) is 31.3 Å². The van der Waals surface area contributed by atoms with Gasteiger partial charge in [-0.1, -0.05) is 30.3 Å². The first-order chi connectivity index (χ1) is 19.1. The molecule has 0 amide bonds. The standard InChI is InChI=1S/C30H27FN6O2/c31-26-27(24-13-22(38)12-19-5-1-2-6-23(19)24)33-15-25-28(26)35-30(39-11-9-18-4-3-10-32-14-18)36-29(25)37-16-20-7-8-21(17-37)34-20/h1-6,10,12-15,20-21,34,38H,7-9,11,16-17H2/t20-,21+. The third-order valence-electron chi connectivity index (χ3n) is 7.61. The maximum atomic E-state index is 16.4. The summed E-state index contributed by atoms with van der Waals surface area (Å²) >= 11 is 0. The second kappa shape index (κ2) is 9.74. The summed E-state index contributed by atoms with van der Waals surface area (Å²) in [5.74, 6) is 0.111. The van der Waals surface area contributed by atoms with Crippen molar-refractivity contribution in [3.05, 3.63) is 78.5 Å². The monoisotopic (exact) mass is 522 g/mol. The Morgan fingerprint density at radius 1 is 1.00 bits per heavy atom. The van der Waals surface area contributed by atoms with E-state index in [2.05, 4.69) is 25.2 Å². The number of halogens is 1. The fraction of sp³-hybridized carbons (Fsp3) is 0.267. The number of nitrogens with zero attached hydrogens (tertiary/aromatic N) is 5. The van der Waals surface area contributed by atoms with E-state index in [4.69, 9.17) is 9.72 Å². The van der Waals surface area contributed by atoms with Gasteiger partial charge in [0.15, 0.2) is 5.82 Å². The van der Waals surface area contributed by atoms with Gasteiger partial charge in [-0.05, 0) is 47.4 Å². The first kappa shape index (κ1) is 23.7. The maximum absolute atomic E-state index is 16.4. The van der Waals surface area contributed by atoms with Crippen LogP contribution in [0.1, 0.15) is 18.4 Å². The Labute approximate surface area is 224 Å². The highest BCUT2D eigenvalue weighted by molar-refractivity contribution is 5.99. The number of aromatic nitrogens is 4. The lowest BCUT2D eigenvalue weighted by atomic mass is 10.0. The highest BCUT2D eigenvalue weighted by atomic mass is 19.1. The van der Waals surface area contributed by atoms with E-state index < -0.39 is 5.82 Å². The molecule has 8 nitrogen and oxygen atoms in total. The lowest BCUT2D eigenvalue weighted by Gasteiger charge is -2.34. The summed E-state index contributed by atoms with van der Waals surface area (Å²) in [5, 5.41) is 16.1. The van der Waals surface area contributed by atoms with Gasteiger partial charge in [0.05, 0.1) is 12.0 Å². The molecule has 39 heavy (non-hydrogen) atoms. The van der Waals surface area contributed by atoms with Crippen LogP contribution in [0.4, 0.5) is 10.2 Å². The maximum Gasteiger partial charge on any atom is 0.319 e. The molecule has 2 N–H and O–H groups in total. The Balaban J connectivity index is 1.33. The minimum Gasteiger partial charge on any atom is -0.508 e. The van der Waals surface area contributed by atoms with Crippen LogP contribution < -0.4 is 15.0 Å². The molecule has 0 radical (unpaired) electrons. The summed E-state index contributed by atoms with van der Waals surface area (Å²) in [5.41, 5.74) is 1.82. The smallest absolute Gasteiger partial charge is 0.319 e. The van der Waals surface area contributed by atoms with Gasteiger partial charge in [-0.15, -0.1) is 0 Å². The van der Waals surface area contributed by atoms with Crippen molar-refractivity contribution in [1.29, 1.82) is 0 Å². The topological polar surface area (TPSA) is 96.3 Å². The molecule has 2 aliphatic rings. The average molecular weight is 523 g/mol. The van der Waals surface area contributed by atoms with Crippen molar-refractivity contribution in [2.75, 3.05) is 24.6 Å². The van der Waals surface area contributed by atoms with Crippen LogP contribution >= 0.6 is 0 Å². The fourth-order valence-electron chi connectivity index (χ4n) is 5.78. The molecule has 0 aliphatic carbocycles. The van der Waals surface area contributed by atoms with Gasteiger partial charge in [-0.2, -0.15) is 9.97 Å². The number of hydrogen-bond donors (Lipinski definition) is 2. The molecule has 2 aromatic carbocycles. The van der Waals surface area contributed by atoms with E-state index in [9.17, 15) is 5.11 Å². The second-order valence-corrected chi connectivity index (χ2v) is 10.2. The van der Waals surface area contributed by atoms with Crippen molar-refractivity contribution in [3.8, 4) is 23.0 Å². The van der Waals surface area contributed by atoms with E-state index in [0.29, 0.717) is 41.9 Å². The first-order valence-electron chi connectivity index (χ1n) is 13.2. The number of rotatable bonds is 6. The third kappa shape index (κ3) is 4.48. The normalized spacial score (nSPS) is 18.6.